The molecule has 0 aliphatic heterocycles. The van der Waals surface area contributed by atoms with Gasteiger partial charge in [-0.1, -0.05) is 30.3 Å². The summed E-state index contributed by atoms with van der Waals surface area (Å²) in [6.07, 6.45) is 0.671. The highest BCUT2D eigenvalue weighted by atomic mass is 19.2. The first-order chi connectivity index (χ1) is 12.5. The Morgan fingerprint density at radius 1 is 0.962 bits per heavy atom. The number of aryl methyl sites for hydroxylation is 1. The number of halogens is 2. The molecule has 1 atom stereocenters. The third kappa shape index (κ3) is 4.02. The van der Waals surface area contributed by atoms with E-state index in [0.717, 1.165) is 16.7 Å². The molecule has 0 amide bonds. The van der Waals surface area contributed by atoms with Crippen LogP contribution in [0.4, 0.5) is 8.78 Å². The van der Waals surface area contributed by atoms with E-state index >= 15 is 0 Å². The summed E-state index contributed by atoms with van der Waals surface area (Å²) in [6, 6.07) is 16.3. The van der Waals surface area contributed by atoms with Crippen molar-refractivity contribution >= 4 is 10.8 Å². The molecule has 0 heterocycles. The molecule has 4 heteroatoms. The second-order valence-corrected chi connectivity index (χ2v) is 6.75. The molecule has 3 aromatic carbocycles. The van der Waals surface area contributed by atoms with Crippen LogP contribution in [-0.2, 0) is 0 Å². The van der Waals surface area contributed by atoms with Gasteiger partial charge in [-0.25, -0.2) is 8.78 Å². The number of fused-ring (bicyclic) bond motifs is 1. The van der Waals surface area contributed by atoms with Crippen LogP contribution in [0.1, 0.15) is 23.6 Å². The molecule has 136 valence electrons. The van der Waals surface area contributed by atoms with Crippen LogP contribution < -0.4 is 4.74 Å². The summed E-state index contributed by atoms with van der Waals surface area (Å²) in [7, 11) is 3.85. The summed E-state index contributed by atoms with van der Waals surface area (Å²) in [5.41, 5.74) is 1.91. The number of benzene rings is 3. The van der Waals surface area contributed by atoms with E-state index in [1.807, 2.05) is 43.3 Å². The lowest BCUT2D eigenvalue weighted by Gasteiger charge is -2.25. The Bertz CT molecular complexity index is 908. The molecule has 0 aliphatic carbocycles. The van der Waals surface area contributed by atoms with Crippen LogP contribution >= 0.6 is 0 Å². The molecule has 26 heavy (non-hydrogen) atoms. The fraction of sp³-hybridized carbons (Fsp3) is 0.273. The predicted octanol–water partition coefficient (Wildman–Crippen LogP) is 5.50. The normalized spacial score (nSPS) is 12.5. The van der Waals surface area contributed by atoms with Gasteiger partial charge in [0.1, 0.15) is 5.75 Å². The summed E-state index contributed by atoms with van der Waals surface area (Å²) in [6.45, 7) is 2.55. The van der Waals surface area contributed by atoms with E-state index in [2.05, 4.69) is 19.1 Å². The highest BCUT2D eigenvalue weighted by molar-refractivity contribution is 5.86. The smallest absolute Gasteiger partial charge is 0.159 e. The molecular weight excluding hydrogens is 332 g/mol. The second kappa shape index (κ2) is 7.83. The average Bonchev–Trinajstić information content (AvgIpc) is 2.61. The van der Waals surface area contributed by atoms with Crippen LogP contribution in [0, 0.1) is 18.6 Å². The molecule has 0 fully saturated rings. The Morgan fingerprint density at radius 3 is 2.46 bits per heavy atom. The fourth-order valence-electron chi connectivity index (χ4n) is 3.28. The lowest BCUT2D eigenvalue weighted by Crippen LogP contribution is -2.22. The summed E-state index contributed by atoms with van der Waals surface area (Å²) in [5.74, 6) is -0.821. The zero-order valence-corrected chi connectivity index (χ0v) is 15.3. The standard InChI is InChI=1S/C22H23F2NO/c1-15-12-18(13-16-6-4-5-7-19(15)16)26-11-10-22(25(2)3)17-8-9-20(23)21(24)14-17/h4-9,12-14,22H,10-11H2,1-3H3. The van der Waals surface area contributed by atoms with Gasteiger partial charge in [0.15, 0.2) is 11.6 Å². The molecule has 0 aromatic heterocycles. The van der Waals surface area contributed by atoms with E-state index < -0.39 is 11.6 Å². The lowest BCUT2D eigenvalue weighted by atomic mass is 10.0. The second-order valence-electron chi connectivity index (χ2n) is 6.75. The Labute approximate surface area is 153 Å². The quantitative estimate of drug-likeness (QED) is 0.579. The summed E-state index contributed by atoms with van der Waals surface area (Å²) in [5, 5.41) is 2.36. The number of hydrogen-bond acceptors (Lipinski definition) is 2. The van der Waals surface area contributed by atoms with Crippen molar-refractivity contribution in [3.63, 3.8) is 0 Å². The van der Waals surface area contributed by atoms with Gasteiger partial charge in [-0.05, 0) is 67.2 Å². The fourth-order valence-corrected chi connectivity index (χ4v) is 3.28. The maximum atomic E-state index is 13.6. The minimum Gasteiger partial charge on any atom is -0.493 e. The van der Waals surface area contributed by atoms with Gasteiger partial charge in [-0.3, -0.25) is 0 Å². The molecule has 0 bridgehead atoms. The summed E-state index contributed by atoms with van der Waals surface area (Å²) in [4.78, 5) is 1.99. The molecule has 0 spiro atoms. The van der Waals surface area contributed by atoms with E-state index in [0.29, 0.717) is 13.0 Å². The monoisotopic (exact) mass is 355 g/mol. The maximum Gasteiger partial charge on any atom is 0.159 e. The molecule has 0 radical (unpaired) electrons. The molecule has 3 rings (SSSR count). The van der Waals surface area contributed by atoms with E-state index in [9.17, 15) is 8.78 Å². The van der Waals surface area contributed by atoms with Crippen molar-refractivity contribution in [3.05, 3.63) is 77.4 Å². The zero-order chi connectivity index (χ0) is 18.7. The average molecular weight is 355 g/mol. The molecule has 3 aromatic rings. The number of nitrogens with zero attached hydrogens (tertiary/aromatic N) is 1. The Balaban J connectivity index is 1.71. The van der Waals surface area contributed by atoms with Crippen LogP contribution in [0.3, 0.4) is 0 Å². The lowest BCUT2D eigenvalue weighted by molar-refractivity contribution is 0.223. The van der Waals surface area contributed by atoms with Gasteiger partial charge >= 0.3 is 0 Å². The van der Waals surface area contributed by atoms with Gasteiger partial charge in [-0.15, -0.1) is 0 Å². The van der Waals surface area contributed by atoms with Gasteiger partial charge < -0.3 is 9.64 Å². The minimum atomic E-state index is -0.825. The highest BCUT2D eigenvalue weighted by Crippen LogP contribution is 2.27. The van der Waals surface area contributed by atoms with Crippen LogP contribution in [0.2, 0.25) is 0 Å². The van der Waals surface area contributed by atoms with Gasteiger partial charge in [0.2, 0.25) is 0 Å². The molecule has 1 unspecified atom stereocenters. The molecular formula is C22H23F2NO. The van der Waals surface area contributed by atoms with Crippen molar-refractivity contribution in [2.75, 3.05) is 20.7 Å². The number of hydrogen-bond donors (Lipinski definition) is 0. The Morgan fingerprint density at radius 2 is 1.73 bits per heavy atom. The molecule has 2 nitrogen and oxygen atoms in total. The van der Waals surface area contributed by atoms with Crippen molar-refractivity contribution in [1.29, 1.82) is 0 Å². The van der Waals surface area contributed by atoms with Crippen molar-refractivity contribution in [2.24, 2.45) is 0 Å². The molecule has 0 saturated carbocycles. The third-order valence-corrected chi connectivity index (χ3v) is 4.65. The zero-order valence-electron chi connectivity index (χ0n) is 15.3. The number of rotatable bonds is 6. The third-order valence-electron chi connectivity index (χ3n) is 4.65. The minimum absolute atomic E-state index is 0.0494. The molecule has 0 aliphatic rings. The van der Waals surface area contributed by atoms with E-state index in [1.165, 1.54) is 23.1 Å². The topological polar surface area (TPSA) is 12.5 Å². The van der Waals surface area contributed by atoms with Gasteiger partial charge in [0.05, 0.1) is 6.61 Å². The first-order valence-electron chi connectivity index (χ1n) is 8.69. The van der Waals surface area contributed by atoms with Gasteiger partial charge in [0, 0.05) is 12.5 Å². The molecule has 0 saturated heterocycles. The van der Waals surface area contributed by atoms with Crippen molar-refractivity contribution in [1.82, 2.24) is 4.90 Å². The van der Waals surface area contributed by atoms with Crippen LogP contribution in [0.5, 0.6) is 5.75 Å². The van der Waals surface area contributed by atoms with Gasteiger partial charge in [-0.2, -0.15) is 0 Å². The van der Waals surface area contributed by atoms with Crippen LogP contribution in [-0.4, -0.2) is 25.6 Å². The van der Waals surface area contributed by atoms with E-state index in [-0.39, 0.29) is 6.04 Å². The maximum absolute atomic E-state index is 13.6. The van der Waals surface area contributed by atoms with Crippen LogP contribution in [0.15, 0.2) is 54.6 Å². The summed E-state index contributed by atoms with van der Waals surface area (Å²) >= 11 is 0. The Kier molecular flexibility index (Phi) is 5.52. The van der Waals surface area contributed by atoms with Crippen molar-refractivity contribution in [2.45, 2.75) is 19.4 Å². The Hall–Kier alpha value is -2.46. The summed E-state index contributed by atoms with van der Waals surface area (Å²) < 4.78 is 32.7. The largest absolute Gasteiger partial charge is 0.493 e. The first-order valence-corrected chi connectivity index (χ1v) is 8.69. The van der Waals surface area contributed by atoms with Crippen molar-refractivity contribution in [3.8, 4) is 5.75 Å². The van der Waals surface area contributed by atoms with E-state index in [1.54, 1.807) is 6.07 Å². The number of ether oxygens (including phenoxy) is 1. The van der Waals surface area contributed by atoms with Crippen LogP contribution in [0.25, 0.3) is 10.8 Å². The first kappa shape index (κ1) is 18.3. The van der Waals surface area contributed by atoms with E-state index in [4.69, 9.17) is 4.74 Å². The predicted molar refractivity (Wildman–Crippen MR) is 102 cm³/mol. The molecule has 0 N–H and O–H groups in total. The van der Waals surface area contributed by atoms with Gasteiger partial charge in [0.25, 0.3) is 0 Å². The SMILES string of the molecule is Cc1cc(OCCC(c2ccc(F)c(F)c2)N(C)C)cc2ccccc12. The van der Waals surface area contributed by atoms with Crippen molar-refractivity contribution < 1.29 is 13.5 Å². The highest BCUT2D eigenvalue weighted by Gasteiger charge is 2.16.